The number of hydrogen-bond acceptors (Lipinski definition) is 41. The van der Waals surface area contributed by atoms with Crippen LogP contribution in [0.15, 0.2) is 0 Å². The van der Waals surface area contributed by atoms with Crippen LogP contribution in [0.4, 0.5) is 0 Å². The quantitative estimate of drug-likeness (QED) is 0.0206. The Hall–Kier alpha value is -11.0. The average molecular weight is 1910 g/mol. The largest absolute Gasteiger partial charge is 0.481 e. The fourth-order valence-corrected chi connectivity index (χ4v) is 13.2. The van der Waals surface area contributed by atoms with Crippen LogP contribution in [-0.2, 0) is 195 Å². The predicted octanol–water partition coefficient (Wildman–Crippen LogP) is -1.01. The first-order valence-electron chi connectivity index (χ1n) is 43.7. The molecule has 0 radical (unpaired) electrons. The number of carbonyl (C=O) groups is 20. The molecule has 0 aromatic rings. The smallest absolute Gasteiger partial charge is 0.303 e. The molecule has 0 saturated carbocycles. The number of amides is 7. The van der Waals surface area contributed by atoms with Gasteiger partial charge in [-0.05, 0) is 64.2 Å². The van der Waals surface area contributed by atoms with Crippen molar-refractivity contribution in [3.63, 3.8) is 0 Å². The van der Waals surface area contributed by atoms with Gasteiger partial charge in [-0.1, -0.05) is 0 Å². The van der Waals surface area contributed by atoms with E-state index >= 15 is 0 Å². The molecule has 15 atom stereocenters. The van der Waals surface area contributed by atoms with E-state index in [0.717, 1.165) is 83.1 Å². The zero-order chi connectivity index (χ0) is 99.0. The van der Waals surface area contributed by atoms with Gasteiger partial charge in [-0.25, -0.2) is 0 Å². The van der Waals surface area contributed by atoms with Crippen molar-refractivity contribution in [2.75, 3.05) is 119 Å². The van der Waals surface area contributed by atoms with Gasteiger partial charge in [0.15, 0.2) is 73.8 Å². The van der Waals surface area contributed by atoms with Crippen LogP contribution in [0.1, 0.15) is 199 Å². The lowest BCUT2D eigenvalue weighted by atomic mass is 9.98. The van der Waals surface area contributed by atoms with Crippen LogP contribution < -0.4 is 37.2 Å². The van der Waals surface area contributed by atoms with Gasteiger partial charge in [-0.15, -0.1) is 0 Å². The van der Waals surface area contributed by atoms with Crippen molar-refractivity contribution in [2.45, 2.75) is 296 Å². The Morgan fingerprint density at radius 3 is 0.707 bits per heavy atom. The van der Waals surface area contributed by atoms with Crippen molar-refractivity contribution in [1.82, 2.24) is 37.2 Å². The summed E-state index contributed by atoms with van der Waals surface area (Å²) in [6, 6.07) is 0. The molecule has 8 N–H and O–H groups in total. The summed E-state index contributed by atoms with van der Waals surface area (Å²) in [5.74, 6) is -13.6. The molecule has 3 fully saturated rings. The summed E-state index contributed by atoms with van der Waals surface area (Å²) in [5, 5.41) is 28.6. The first-order chi connectivity index (χ1) is 63.1. The molecule has 3 aliphatic rings. The minimum absolute atomic E-state index is 0.0381. The molecule has 3 heterocycles. The van der Waals surface area contributed by atoms with Crippen LogP contribution in [0.5, 0.6) is 0 Å². The monoisotopic (exact) mass is 1910 g/mol. The molecule has 0 unspecified atom stereocenters. The maximum Gasteiger partial charge on any atom is 0.303 e. The molecule has 3 rings (SSSR count). The van der Waals surface area contributed by atoms with Crippen molar-refractivity contribution in [3.8, 4) is 0 Å². The van der Waals surface area contributed by atoms with Gasteiger partial charge in [-0.2, -0.15) is 0 Å². The summed E-state index contributed by atoms with van der Waals surface area (Å²) in [4.78, 5) is 248. The highest BCUT2D eigenvalue weighted by molar-refractivity contribution is 5.80. The fraction of sp³-hybridized carbons (Fsp3) is 0.762. The molecule has 49 nitrogen and oxygen atoms in total. The van der Waals surface area contributed by atoms with Crippen molar-refractivity contribution >= 4 is 119 Å². The van der Waals surface area contributed by atoms with Crippen molar-refractivity contribution in [1.29, 1.82) is 0 Å². The molecule has 3 saturated heterocycles. The molecular formula is C84H131N7O42. The van der Waals surface area contributed by atoms with E-state index in [4.69, 9.17) is 99.5 Å². The van der Waals surface area contributed by atoms with Gasteiger partial charge < -0.3 is 142 Å². The van der Waals surface area contributed by atoms with Gasteiger partial charge in [0.1, 0.15) is 43.7 Å². The molecule has 0 aromatic carbocycles. The van der Waals surface area contributed by atoms with E-state index in [0.29, 0.717) is 38.5 Å². The second-order valence-electron chi connectivity index (χ2n) is 30.8. The summed E-state index contributed by atoms with van der Waals surface area (Å²) in [6.45, 7) is 10.5. The second-order valence-corrected chi connectivity index (χ2v) is 30.8. The number of carboxylic acids is 1. The Labute approximate surface area is 768 Å². The topological polar surface area (TPSA) is 640 Å². The van der Waals surface area contributed by atoms with E-state index in [1.807, 2.05) is 0 Å². The summed E-state index contributed by atoms with van der Waals surface area (Å²) < 4.78 is 117. The summed E-state index contributed by atoms with van der Waals surface area (Å²) in [7, 11) is 0. The molecule has 133 heavy (non-hydrogen) atoms. The number of aliphatic carboxylic acids is 1. The molecule has 0 spiro atoms. The number of hydrogen-bond donors (Lipinski definition) is 8. The van der Waals surface area contributed by atoms with Crippen LogP contribution >= 0.6 is 0 Å². The third-order valence-corrected chi connectivity index (χ3v) is 18.8. The van der Waals surface area contributed by atoms with Gasteiger partial charge in [0.2, 0.25) is 41.4 Å². The van der Waals surface area contributed by atoms with Gasteiger partial charge in [0.25, 0.3) is 0 Å². The molecular weight excluding hydrogens is 1780 g/mol. The average Bonchev–Trinajstić information content (AvgIpc) is 0.794. The normalized spacial score (nSPS) is 21.3. The third kappa shape index (κ3) is 51.2. The lowest BCUT2D eigenvalue weighted by Crippen LogP contribution is -2.63. The van der Waals surface area contributed by atoms with E-state index in [-0.39, 0.29) is 174 Å². The Kier molecular flexibility index (Phi) is 56.6. The fourth-order valence-electron chi connectivity index (χ4n) is 13.2. The van der Waals surface area contributed by atoms with Crippen LogP contribution in [0.3, 0.4) is 0 Å². The maximum atomic E-state index is 13.6. The van der Waals surface area contributed by atoms with Crippen LogP contribution in [0.25, 0.3) is 0 Å². The second kappa shape index (κ2) is 64.8. The molecule has 0 aromatic heterocycles. The maximum absolute atomic E-state index is 13.6. The summed E-state index contributed by atoms with van der Waals surface area (Å²) >= 11 is 0. The molecule has 0 aliphatic carbocycles. The van der Waals surface area contributed by atoms with Gasteiger partial charge in [0, 0.05) is 194 Å². The zero-order valence-electron chi connectivity index (χ0n) is 77.3. The van der Waals surface area contributed by atoms with E-state index < -0.39 is 239 Å². The predicted molar refractivity (Wildman–Crippen MR) is 446 cm³/mol. The zero-order valence-corrected chi connectivity index (χ0v) is 77.3. The lowest BCUT2D eigenvalue weighted by Gasteiger charge is -2.44. The number of unbranched alkanes of at least 4 members (excludes halogenated alkanes) is 3. The van der Waals surface area contributed by atoms with E-state index in [2.05, 4.69) is 37.2 Å². The molecule has 7 amide bonds. The Bertz CT molecular complexity index is 3430. The molecule has 49 heteroatoms. The van der Waals surface area contributed by atoms with Gasteiger partial charge >= 0.3 is 77.6 Å². The van der Waals surface area contributed by atoms with Gasteiger partial charge in [-0.3, -0.25) is 95.9 Å². The number of carbonyl (C=O) groups excluding carboxylic acids is 19. The van der Waals surface area contributed by atoms with Crippen LogP contribution in [0, 0.1) is 0 Å². The summed E-state index contributed by atoms with van der Waals surface area (Å²) in [6.07, 6.45) is -19.3. The first-order valence-corrected chi connectivity index (χ1v) is 43.7. The summed E-state index contributed by atoms with van der Waals surface area (Å²) in [5.41, 5.74) is -1.60. The highest BCUT2D eigenvalue weighted by atomic mass is 16.8. The Balaban J connectivity index is 1.61. The van der Waals surface area contributed by atoms with Crippen molar-refractivity contribution in [3.05, 3.63) is 0 Å². The number of esters is 12. The van der Waals surface area contributed by atoms with E-state index in [1.165, 1.54) is 0 Å². The Morgan fingerprint density at radius 2 is 0.474 bits per heavy atom. The minimum atomic E-state index is -1.60. The highest BCUT2D eigenvalue weighted by Crippen LogP contribution is 2.34. The van der Waals surface area contributed by atoms with Gasteiger partial charge in [0.05, 0.1) is 39.6 Å². The molecule has 3 aliphatic heterocycles. The van der Waals surface area contributed by atoms with E-state index in [1.54, 1.807) is 0 Å². The molecule has 754 valence electrons. The van der Waals surface area contributed by atoms with Crippen LogP contribution in [0.2, 0.25) is 0 Å². The van der Waals surface area contributed by atoms with Crippen molar-refractivity contribution in [2.24, 2.45) is 0 Å². The highest BCUT2D eigenvalue weighted by Gasteiger charge is 2.56. The SMILES string of the molecule is CC(=O)OC[C@H]1O[C@@H](OCCCCC(=O)NCCCNC(=O)CCOCC(COCCC(=O)NCCCNC(=O)CCCCO[C@@H]2O[C@H](COC(C)=O)[C@@H](OC(C)=O)[C@H](OC(C)=O)[C@H]2OC(C)=O)(COCCC(=O)NCCCNC(=O)CCCCO[C@@H]2O[C@H](COC(C)=O)[C@@H](OC(C)=O)[C@H](OC(C)=O)[C@H]2OC(C)=O)NC(=O)CCCC(=O)O)[C@H](OC(C)=O)[C@@H](OC(C)=O)[C@@H]1OC(C)=O. The number of carboxylic acid groups (broad SMARTS) is 1. The Morgan fingerprint density at radius 1 is 0.248 bits per heavy atom. The first kappa shape index (κ1) is 116. The number of nitrogens with one attached hydrogen (secondary N) is 7. The van der Waals surface area contributed by atoms with E-state index in [9.17, 15) is 101 Å². The lowest BCUT2D eigenvalue weighted by molar-refractivity contribution is -0.308. The standard InChI is InChI=1S/C84H131N7O42/c1-49(92)119-43-61-72(122-52(4)95)75(125-55(7)98)78(128-58(10)101)81(131-61)116-37-16-13-23-64(104)85-31-20-34-88-67(107)28-40-113-46-84(91-70(110)26-19-27-71(111)112,47-114-41-29-68(108)89-35-21-32-86-65(105)24-14-17-38-117-82-79(129-59(11)102)76(126-56(8)99)73(123-53(5)96)62(132-82)44-120-50(2)93)48-115-42-30-69(109)90-36-22-33-87-66(106)25-15-18-39-118-83-80(130-60(12)103)77(127-57(9)100)74(124-54(6)97)63(133-83)45-121-51(3)94/h61-63,72-83H,13-48H2,1-12H3,(H,85,104)(H,86,105)(H,87,106)(H,88,107)(H,89,108)(H,90,109)(H,91,110)(H,111,112)/t61-,62-,63-,72-,73-,74-,75+,76+,77+,78-,79-,80-,81-,82-,83-/m1/s1. The van der Waals surface area contributed by atoms with Crippen LogP contribution in [-0.4, -0.2) is 340 Å². The third-order valence-electron chi connectivity index (χ3n) is 18.8. The molecule has 0 bridgehead atoms. The number of rotatable bonds is 65. The minimum Gasteiger partial charge on any atom is -0.481 e. The van der Waals surface area contributed by atoms with Crippen molar-refractivity contribution < 1.29 is 200 Å². The number of ether oxygens (including phenoxy) is 21.